The molecule has 0 heterocycles. The molecule has 0 radical (unpaired) electrons. The molecule has 0 unspecified atom stereocenters. The Morgan fingerprint density at radius 1 is 1.04 bits per heavy atom. The number of methoxy groups -OCH3 is 1. The maximum atomic E-state index is 5.09. The van der Waals surface area contributed by atoms with Gasteiger partial charge in [-0.3, -0.25) is 9.89 Å². The largest absolute Gasteiger partial charge is 0.385 e. The molecule has 0 aromatic heterocycles. The highest BCUT2D eigenvalue weighted by atomic mass is 16.5. The number of guanidine groups is 1. The number of benzene rings is 1. The van der Waals surface area contributed by atoms with E-state index in [1.807, 2.05) is 7.05 Å². The number of likely N-dealkylation sites (N-methyl/N-ethyl adjacent to an activating group) is 1. The van der Waals surface area contributed by atoms with Crippen LogP contribution in [0.2, 0.25) is 0 Å². The van der Waals surface area contributed by atoms with E-state index in [0.717, 1.165) is 64.8 Å². The standard InChI is InChI=1S/C21H39N5O/c1-6-26(7-2)18-20-11-9-19(10-12-20)17-24-21(22-3)23-13-15-25(4)14-8-16-27-5/h9-12H,6-8,13-18H2,1-5H3,(H2,22,23,24). The highest BCUT2D eigenvalue weighted by molar-refractivity contribution is 5.79. The molecule has 0 aliphatic rings. The fourth-order valence-corrected chi connectivity index (χ4v) is 2.83. The number of hydrogen-bond acceptors (Lipinski definition) is 4. The average Bonchev–Trinajstić information content (AvgIpc) is 2.69. The topological polar surface area (TPSA) is 52.1 Å². The predicted octanol–water partition coefficient (Wildman–Crippen LogP) is 2.16. The van der Waals surface area contributed by atoms with Crippen LogP contribution < -0.4 is 10.6 Å². The molecule has 0 spiro atoms. The Hall–Kier alpha value is -1.63. The Labute approximate surface area is 166 Å². The number of ether oxygens (including phenoxy) is 1. The summed E-state index contributed by atoms with van der Waals surface area (Å²) in [4.78, 5) is 9.03. The van der Waals surface area contributed by atoms with Crippen LogP contribution in [0.4, 0.5) is 0 Å². The molecule has 1 rings (SSSR count). The quantitative estimate of drug-likeness (QED) is 0.313. The smallest absolute Gasteiger partial charge is 0.191 e. The highest BCUT2D eigenvalue weighted by Gasteiger charge is 2.03. The van der Waals surface area contributed by atoms with Gasteiger partial charge in [0.1, 0.15) is 0 Å². The fourth-order valence-electron chi connectivity index (χ4n) is 2.83. The molecule has 0 amide bonds. The molecular formula is C21H39N5O. The third-order valence-corrected chi connectivity index (χ3v) is 4.68. The van der Waals surface area contributed by atoms with Gasteiger partial charge in [0, 0.05) is 53.5 Å². The van der Waals surface area contributed by atoms with Gasteiger partial charge in [0.05, 0.1) is 0 Å². The van der Waals surface area contributed by atoms with Crippen LogP contribution in [0.1, 0.15) is 31.4 Å². The van der Waals surface area contributed by atoms with Gasteiger partial charge in [-0.1, -0.05) is 38.1 Å². The van der Waals surface area contributed by atoms with E-state index in [9.17, 15) is 0 Å². The van der Waals surface area contributed by atoms with E-state index in [0.29, 0.717) is 0 Å². The van der Waals surface area contributed by atoms with Gasteiger partial charge >= 0.3 is 0 Å². The minimum Gasteiger partial charge on any atom is -0.385 e. The molecule has 0 fully saturated rings. The molecule has 27 heavy (non-hydrogen) atoms. The Balaban J connectivity index is 2.31. The number of nitrogens with one attached hydrogen (secondary N) is 2. The van der Waals surface area contributed by atoms with Crippen molar-refractivity contribution in [2.75, 3.05) is 60.5 Å². The molecule has 0 aliphatic heterocycles. The maximum absolute atomic E-state index is 5.09. The minimum atomic E-state index is 0.773. The van der Waals surface area contributed by atoms with Crippen LogP contribution >= 0.6 is 0 Å². The van der Waals surface area contributed by atoms with Crippen molar-refractivity contribution < 1.29 is 4.74 Å². The molecule has 0 saturated heterocycles. The second-order valence-electron chi connectivity index (χ2n) is 6.78. The third-order valence-electron chi connectivity index (χ3n) is 4.68. The van der Waals surface area contributed by atoms with E-state index in [-0.39, 0.29) is 0 Å². The van der Waals surface area contributed by atoms with E-state index in [1.165, 1.54) is 11.1 Å². The first-order valence-electron chi connectivity index (χ1n) is 10.0. The lowest BCUT2D eigenvalue weighted by molar-refractivity contribution is 0.180. The SMILES string of the molecule is CCN(CC)Cc1ccc(CNC(=NC)NCCN(C)CCCOC)cc1. The van der Waals surface area contributed by atoms with Crippen molar-refractivity contribution in [1.82, 2.24) is 20.4 Å². The summed E-state index contributed by atoms with van der Waals surface area (Å²) in [6.07, 6.45) is 1.06. The molecule has 6 heteroatoms. The zero-order valence-corrected chi connectivity index (χ0v) is 17.9. The van der Waals surface area contributed by atoms with Crippen LogP contribution in [0.3, 0.4) is 0 Å². The summed E-state index contributed by atoms with van der Waals surface area (Å²) < 4.78 is 5.09. The van der Waals surface area contributed by atoms with Gasteiger partial charge < -0.3 is 20.3 Å². The summed E-state index contributed by atoms with van der Waals surface area (Å²) >= 11 is 0. The fraction of sp³-hybridized carbons (Fsp3) is 0.667. The second-order valence-corrected chi connectivity index (χ2v) is 6.78. The highest BCUT2D eigenvalue weighted by Crippen LogP contribution is 2.07. The minimum absolute atomic E-state index is 0.773. The summed E-state index contributed by atoms with van der Waals surface area (Å²) in [5, 5.41) is 6.76. The van der Waals surface area contributed by atoms with Crippen molar-refractivity contribution in [3.63, 3.8) is 0 Å². The molecule has 1 aromatic carbocycles. The molecule has 0 atom stereocenters. The van der Waals surface area contributed by atoms with Crippen molar-refractivity contribution in [3.05, 3.63) is 35.4 Å². The Bertz CT molecular complexity index is 514. The van der Waals surface area contributed by atoms with Gasteiger partial charge in [-0.25, -0.2) is 0 Å². The first-order valence-corrected chi connectivity index (χ1v) is 10.0. The van der Waals surface area contributed by atoms with E-state index in [1.54, 1.807) is 7.11 Å². The van der Waals surface area contributed by atoms with E-state index >= 15 is 0 Å². The van der Waals surface area contributed by atoms with Gasteiger partial charge in [-0.15, -0.1) is 0 Å². The number of hydrogen-bond donors (Lipinski definition) is 2. The average molecular weight is 378 g/mol. The first kappa shape index (κ1) is 23.4. The zero-order chi connectivity index (χ0) is 19.9. The number of rotatable bonds is 13. The summed E-state index contributed by atoms with van der Waals surface area (Å²) in [6, 6.07) is 8.84. The first-order chi connectivity index (χ1) is 13.1. The van der Waals surface area contributed by atoms with Gasteiger partial charge in [-0.2, -0.15) is 0 Å². The Morgan fingerprint density at radius 2 is 1.70 bits per heavy atom. The summed E-state index contributed by atoms with van der Waals surface area (Å²) in [6.45, 7) is 12.1. The van der Waals surface area contributed by atoms with E-state index in [2.05, 4.69) is 70.6 Å². The monoisotopic (exact) mass is 377 g/mol. The molecule has 2 N–H and O–H groups in total. The van der Waals surface area contributed by atoms with E-state index in [4.69, 9.17) is 4.74 Å². The summed E-state index contributed by atoms with van der Waals surface area (Å²) in [5.74, 6) is 0.840. The van der Waals surface area contributed by atoms with Crippen molar-refractivity contribution in [1.29, 1.82) is 0 Å². The van der Waals surface area contributed by atoms with Crippen LogP contribution in [0, 0.1) is 0 Å². The lowest BCUT2D eigenvalue weighted by Crippen LogP contribution is -2.40. The van der Waals surface area contributed by atoms with Crippen LogP contribution in [-0.4, -0.2) is 76.3 Å². The Morgan fingerprint density at radius 3 is 2.30 bits per heavy atom. The van der Waals surface area contributed by atoms with Crippen LogP contribution in [0.5, 0.6) is 0 Å². The van der Waals surface area contributed by atoms with Crippen molar-refractivity contribution in [3.8, 4) is 0 Å². The van der Waals surface area contributed by atoms with Gasteiger partial charge in [-0.05, 0) is 37.7 Å². The number of aliphatic imine (C=N–C) groups is 1. The molecule has 0 saturated carbocycles. The predicted molar refractivity (Wildman–Crippen MR) is 115 cm³/mol. The molecule has 1 aromatic rings. The maximum Gasteiger partial charge on any atom is 0.191 e. The molecular weight excluding hydrogens is 338 g/mol. The van der Waals surface area contributed by atoms with Gasteiger partial charge in [0.15, 0.2) is 5.96 Å². The van der Waals surface area contributed by atoms with Gasteiger partial charge in [0.2, 0.25) is 0 Å². The van der Waals surface area contributed by atoms with E-state index < -0.39 is 0 Å². The third kappa shape index (κ3) is 10.3. The molecule has 154 valence electrons. The zero-order valence-electron chi connectivity index (χ0n) is 17.9. The summed E-state index contributed by atoms with van der Waals surface area (Å²) in [5.41, 5.74) is 2.62. The molecule has 0 bridgehead atoms. The van der Waals surface area contributed by atoms with Crippen LogP contribution in [0.15, 0.2) is 29.3 Å². The molecule has 6 nitrogen and oxygen atoms in total. The normalized spacial score (nSPS) is 12.0. The Kier molecular flexibility index (Phi) is 12.5. The van der Waals surface area contributed by atoms with Crippen LogP contribution in [0.25, 0.3) is 0 Å². The second kappa shape index (κ2) is 14.4. The van der Waals surface area contributed by atoms with Crippen molar-refractivity contribution >= 4 is 5.96 Å². The summed E-state index contributed by atoms with van der Waals surface area (Å²) in [7, 11) is 5.69. The lowest BCUT2D eigenvalue weighted by atomic mass is 10.1. The van der Waals surface area contributed by atoms with Crippen molar-refractivity contribution in [2.24, 2.45) is 4.99 Å². The van der Waals surface area contributed by atoms with Gasteiger partial charge in [0.25, 0.3) is 0 Å². The lowest BCUT2D eigenvalue weighted by Gasteiger charge is -2.19. The number of nitrogens with zero attached hydrogens (tertiary/aromatic N) is 3. The van der Waals surface area contributed by atoms with Crippen LogP contribution in [-0.2, 0) is 17.8 Å². The molecule has 0 aliphatic carbocycles. The van der Waals surface area contributed by atoms with Crippen molar-refractivity contribution in [2.45, 2.75) is 33.4 Å².